The molecule has 0 fully saturated rings. The Balaban J connectivity index is 2.37. The first kappa shape index (κ1) is 25.0. The summed E-state index contributed by atoms with van der Waals surface area (Å²) in [5.74, 6) is -0.455. The van der Waals surface area contributed by atoms with Crippen molar-refractivity contribution in [2.75, 3.05) is 26.6 Å². The summed E-state index contributed by atoms with van der Waals surface area (Å²) in [4.78, 5) is 24.2. The van der Waals surface area contributed by atoms with Crippen molar-refractivity contribution in [3.8, 4) is 17.2 Å². The fourth-order valence-corrected chi connectivity index (χ4v) is 4.15. The number of ether oxygens (including phenoxy) is 3. The fraction of sp³-hybridized carbons (Fsp3) is 0.238. The molecule has 2 amide bonds. The summed E-state index contributed by atoms with van der Waals surface area (Å²) in [6, 6.07) is 6.73. The van der Waals surface area contributed by atoms with Gasteiger partial charge in [-0.2, -0.15) is 0 Å². The number of allylic oxidation sites excluding steroid dienone is 1. The molecule has 172 valence electrons. The maximum absolute atomic E-state index is 12.8. The molecule has 0 unspecified atom stereocenters. The number of sulfonamides is 1. The number of rotatable bonds is 8. The van der Waals surface area contributed by atoms with Crippen LogP contribution in [0.2, 0.25) is 5.02 Å². The molecule has 0 spiro atoms. The molecule has 2 aromatic carbocycles. The SMILES string of the molecule is COc1cc(NC(=O)c2ccc(Cl)c(S(=O)(=O)NC(=O)C=C(C)C)c2)cc(OC)c1OC. The lowest BCUT2D eigenvalue weighted by atomic mass is 10.2. The summed E-state index contributed by atoms with van der Waals surface area (Å²) < 4.78 is 42.8. The van der Waals surface area contributed by atoms with Crippen molar-refractivity contribution in [1.82, 2.24) is 4.72 Å². The van der Waals surface area contributed by atoms with Crippen molar-refractivity contribution in [3.05, 3.63) is 52.6 Å². The maximum Gasteiger partial charge on any atom is 0.265 e. The largest absolute Gasteiger partial charge is 0.493 e. The zero-order valence-electron chi connectivity index (χ0n) is 18.1. The first-order valence-corrected chi connectivity index (χ1v) is 11.0. The van der Waals surface area contributed by atoms with E-state index >= 15 is 0 Å². The van der Waals surface area contributed by atoms with Crippen LogP contribution in [-0.2, 0) is 14.8 Å². The van der Waals surface area contributed by atoms with E-state index in [0.717, 1.165) is 12.1 Å². The van der Waals surface area contributed by atoms with Crippen molar-refractivity contribution >= 4 is 39.1 Å². The molecule has 0 saturated carbocycles. The molecule has 0 aliphatic heterocycles. The van der Waals surface area contributed by atoms with Crippen molar-refractivity contribution in [1.29, 1.82) is 0 Å². The molecule has 0 aliphatic carbocycles. The molecule has 2 aromatic rings. The summed E-state index contributed by atoms with van der Waals surface area (Å²) in [5, 5.41) is 2.49. The molecular formula is C21H23ClN2O7S. The summed E-state index contributed by atoms with van der Waals surface area (Å²) >= 11 is 6.02. The Morgan fingerprint density at radius 3 is 2.06 bits per heavy atom. The van der Waals surface area contributed by atoms with Crippen LogP contribution in [0.1, 0.15) is 24.2 Å². The van der Waals surface area contributed by atoms with Gasteiger partial charge in [0.05, 0.1) is 26.4 Å². The van der Waals surface area contributed by atoms with Crippen LogP contribution in [0.4, 0.5) is 5.69 Å². The van der Waals surface area contributed by atoms with Gasteiger partial charge in [-0.15, -0.1) is 0 Å². The van der Waals surface area contributed by atoms with Gasteiger partial charge >= 0.3 is 0 Å². The Labute approximate surface area is 191 Å². The van der Waals surface area contributed by atoms with Gasteiger partial charge in [0.25, 0.3) is 21.8 Å². The first-order valence-electron chi connectivity index (χ1n) is 9.15. The zero-order valence-corrected chi connectivity index (χ0v) is 19.7. The summed E-state index contributed by atoms with van der Waals surface area (Å²) in [6.07, 6.45) is 1.13. The molecular weight excluding hydrogens is 460 g/mol. The Bertz CT molecular complexity index is 1150. The van der Waals surface area contributed by atoms with E-state index in [1.165, 1.54) is 45.6 Å². The summed E-state index contributed by atoms with van der Waals surface area (Å²) in [7, 11) is 0.00803. The van der Waals surface area contributed by atoms with E-state index in [9.17, 15) is 18.0 Å². The molecule has 32 heavy (non-hydrogen) atoms. The molecule has 9 nitrogen and oxygen atoms in total. The Hall–Kier alpha value is -3.24. The van der Waals surface area contributed by atoms with Crippen LogP contribution in [0.3, 0.4) is 0 Å². The van der Waals surface area contributed by atoms with Crippen molar-refractivity contribution < 1.29 is 32.2 Å². The van der Waals surface area contributed by atoms with Gasteiger partial charge in [-0.1, -0.05) is 17.2 Å². The second-order valence-corrected chi connectivity index (χ2v) is 8.76. The molecule has 2 N–H and O–H groups in total. The highest BCUT2D eigenvalue weighted by Crippen LogP contribution is 2.40. The minimum Gasteiger partial charge on any atom is -0.493 e. The standard InChI is InChI=1S/C21H23ClN2O7S/c1-12(2)8-19(25)24-32(27,28)18-9-13(6-7-15(18)22)21(26)23-14-10-16(29-3)20(31-5)17(11-14)30-4/h6-11H,1-5H3,(H,23,26)(H,24,25). The number of hydrogen-bond donors (Lipinski definition) is 2. The average molecular weight is 483 g/mol. The number of carbonyl (C=O) groups excluding carboxylic acids is 2. The minimum absolute atomic E-state index is 0.00168. The highest BCUT2D eigenvalue weighted by molar-refractivity contribution is 7.90. The van der Waals surface area contributed by atoms with Crippen LogP contribution in [0, 0.1) is 0 Å². The van der Waals surface area contributed by atoms with Crippen molar-refractivity contribution in [2.45, 2.75) is 18.7 Å². The highest BCUT2D eigenvalue weighted by Gasteiger charge is 2.22. The Kier molecular flexibility index (Phi) is 8.12. The molecule has 0 aromatic heterocycles. The van der Waals surface area contributed by atoms with Crippen LogP contribution in [0.5, 0.6) is 17.2 Å². The molecule has 0 radical (unpaired) electrons. The Morgan fingerprint density at radius 2 is 1.56 bits per heavy atom. The molecule has 0 aliphatic rings. The van der Waals surface area contributed by atoms with Crippen LogP contribution < -0.4 is 24.2 Å². The second kappa shape index (κ2) is 10.4. The normalized spacial score (nSPS) is 10.7. The van der Waals surface area contributed by atoms with Crippen LogP contribution in [0.15, 0.2) is 46.9 Å². The van der Waals surface area contributed by atoms with Crippen molar-refractivity contribution in [3.63, 3.8) is 0 Å². The number of halogens is 1. The van der Waals surface area contributed by atoms with E-state index in [4.69, 9.17) is 25.8 Å². The molecule has 0 heterocycles. The summed E-state index contributed by atoms with van der Waals surface area (Å²) in [6.45, 7) is 3.29. The van der Waals surface area contributed by atoms with E-state index in [0.29, 0.717) is 28.5 Å². The van der Waals surface area contributed by atoms with Gasteiger partial charge in [0.15, 0.2) is 11.5 Å². The Morgan fingerprint density at radius 1 is 0.969 bits per heavy atom. The number of hydrogen-bond acceptors (Lipinski definition) is 7. The van der Waals surface area contributed by atoms with Gasteiger partial charge in [-0.3, -0.25) is 9.59 Å². The number of benzene rings is 2. The van der Waals surface area contributed by atoms with E-state index in [-0.39, 0.29) is 10.6 Å². The van der Waals surface area contributed by atoms with Crippen LogP contribution in [-0.4, -0.2) is 41.6 Å². The highest BCUT2D eigenvalue weighted by atomic mass is 35.5. The number of carbonyl (C=O) groups is 2. The van der Waals surface area contributed by atoms with Crippen LogP contribution in [0.25, 0.3) is 0 Å². The van der Waals surface area contributed by atoms with Crippen molar-refractivity contribution in [2.24, 2.45) is 0 Å². The minimum atomic E-state index is -4.31. The van der Waals surface area contributed by atoms with E-state index in [2.05, 4.69) is 5.32 Å². The summed E-state index contributed by atoms with van der Waals surface area (Å²) in [5.41, 5.74) is 0.932. The number of anilines is 1. The quantitative estimate of drug-likeness (QED) is 0.553. The second-order valence-electron chi connectivity index (χ2n) is 6.70. The lowest BCUT2D eigenvalue weighted by Crippen LogP contribution is -2.29. The third-order valence-corrected chi connectivity index (χ3v) is 5.89. The molecule has 11 heteroatoms. The topological polar surface area (TPSA) is 120 Å². The predicted molar refractivity (Wildman–Crippen MR) is 120 cm³/mol. The van der Waals surface area contributed by atoms with Gasteiger partial charge in [-0.05, 0) is 32.0 Å². The molecule has 0 saturated heterocycles. The number of amides is 2. The lowest BCUT2D eigenvalue weighted by Gasteiger charge is -2.15. The molecule has 2 rings (SSSR count). The zero-order chi connectivity index (χ0) is 24.1. The van der Waals surface area contributed by atoms with Gasteiger partial charge in [0.2, 0.25) is 5.75 Å². The molecule has 0 bridgehead atoms. The van der Waals surface area contributed by atoms with E-state index in [1.54, 1.807) is 13.8 Å². The number of nitrogens with one attached hydrogen (secondary N) is 2. The monoisotopic (exact) mass is 482 g/mol. The molecule has 0 atom stereocenters. The lowest BCUT2D eigenvalue weighted by molar-refractivity contribution is -0.114. The van der Waals surface area contributed by atoms with E-state index < -0.39 is 26.7 Å². The average Bonchev–Trinajstić information content (AvgIpc) is 2.71. The third-order valence-electron chi connectivity index (χ3n) is 4.06. The maximum atomic E-state index is 12.8. The van der Waals surface area contributed by atoms with Gasteiger partial charge in [-0.25, -0.2) is 13.1 Å². The smallest absolute Gasteiger partial charge is 0.265 e. The predicted octanol–water partition coefficient (Wildman–Crippen LogP) is 3.39. The third kappa shape index (κ3) is 5.92. The van der Waals surface area contributed by atoms with Crippen LogP contribution >= 0.6 is 11.6 Å². The van der Waals surface area contributed by atoms with Gasteiger partial charge in [0, 0.05) is 29.5 Å². The van der Waals surface area contributed by atoms with Gasteiger partial charge in [0.1, 0.15) is 4.90 Å². The van der Waals surface area contributed by atoms with Gasteiger partial charge < -0.3 is 19.5 Å². The van der Waals surface area contributed by atoms with E-state index in [1.807, 2.05) is 4.72 Å². The number of methoxy groups -OCH3 is 3. The fourth-order valence-electron chi connectivity index (χ4n) is 2.69. The first-order chi connectivity index (χ1) is 15.0.